The Labute approximate surface area is 85.8 Å². The molecular weight excluding hydrogens is 198 g/mol. The first kappa shape index (κ1) is 10.8. The molecule has 6 heteroatoms. The highest BCUT2D eigenvalue weighted by Crippen LogP contribution is 2.14. The average Bonchev–Trinajstić information content (AvgIpc) is 2.17. The quantitative estimate of drug-likeness (QED) is 0.457. The lowest BCUT2D eigenvalue weighted by Gasteiger charge is -1.95. The second-order valence-corrected chi connectivity index (χ2v) is 2.74. The molecule has 0 aliphatic carbocycles. The van der Waals surface area contributed by atoms with Crippen LogP contribution in [0.2, 0.25) is 0 Å². The number of benzene rings is 1. The molecule has 1 amide bonds. The van der Waals surface area contributed by atoms with E-state index in [9.17, 15) is 14.9 Å². The van der Waals surface area contributed by atoms with Crippen LogP contribution in [-0.2, 0) is 4.79 Å². The minimum atomic E-state index is -0.505. The molecule has 1 N–H and O–H groups in total. The van der Waals surface area contributed by atoms with Gasteiger partial charge in [-0.25, -0.2) is 5.43 Å². The van der Waals surface area contributed by atoms with Crippen molar-refractivity contribution >= 4 is 17.8 Å². The van der Waals surface area contributed by atoms with Gasteiger partial charge in [-0.15, -0.1) is 0 Å². The highest BCUT2D eigenvalue weighted by atomic mass is 16.6. The van der Waals surface area contributed by atoms with Crippen LogP contribution in [0.15, 0.2) is 29.4 Å². The Morgan fingerprint density at radius 2 is 2.20 bits per heavy atom. The van der Waals surface area contributed by atoms with Gasteiger partial charge in [0.1, 0.15) is 0 Å². The number of nitro groups is 1. The minimum absolute atomic E-state index is 0.0494. The van der Waals surface area contributed by atoms with Crippen LogP contribution in [-0.4, -0.2) is 17.0 Å². The molecule has 0 heterocycles. The Bertz CT molecular complexity index is 415. The van der Waals surface area contributed by atoms with Gasteiger partial charge in [-0.05, 0) is 6.07 Å². The third-order valence-electron chi connectivity index (χ3n) is 1.56. The van der Waals surface area contributed by atoms with Crippen LogP contribution in [0.3, 0.4) is 0 Å². The molecule has 0 bridgehead atoms. The summed E-state index contributed by atoms with van der Waals surface area (Å²) in [7, 11) is 0. The second-order valence-electron chi connectivity index (χ2n) is 2.74. The predicted molar refractivity (Wildman–Crippen MR) is 54.5 cm³/mol. The predicted octanol–water partition coefficient (Wildman–Crippen LogP) is 1.06. The fourth-order valence-electron chi connectivity index (χ4n) is 0.956. The van der Waals surface area contributed by atoms with Crippen molar-refractivity contribution in [1.82, 2.24) is 5.43 Å². The van der Waals surface area contributed by atoms with E-state index in [4.69, 9.17) is 0 Å². The van der Waals surface area contributed by atoms with Crippen LogP contribution >= 0.6 is 0 Å². The Kier molecular flexibility index (Phi) is 3.50. The molecule has 0 fully saturated rings. The largest absolute Gasteiger partial charge is 0.278 e. The van der Waals surface area contributed by atoms with Crippen LogP contribution in [0.4, 0.5) is 5.69 Å². The molecule has 0 aliphatic heterocycles. The number of rotatable bonds is 3. The van der Waals surface area contributed by atoms with Crippen LogP contribution in [0.5, 0.6) is 0 Å². The Hall–Kier alpha value is -2.24. The molecule has 0 aliphatic rings. The van der Waals surface area contributed by atoms with Crippen LogP contribution in [0.25, 0.3) is 0 Å². The van der Waals surface area contributed by atoms with E-state index in [1.807, 2.05) is 0 Å². The summed E-state index contributed by atoms with van der Waals surface area (Å²) >= 11 is 0. The fraction of sp³-hybridized carbons (Fsp3) is 0.111. The van der Waals surface area contributed by atoms with Crippen molar-refractivity contribution in [3.8, 4) is 0 Å². The molecule has 0 atom stereocenters. The molecule has 1 aromatic rings. The lowest BCUT2D eigenvalue weighted by Crippen LogP contribution is -2.12. The number of hydrogen-bond donors (Lipinski definition) is 1. The van der Waals surface area contributed by atoms with Crippen LogP contribution in [0.1, 0.15) is 12.5 Å². The highest BCUT2D eigenvalue weighted by molar-refractivity contribution is 5.86. The molecule has 1 aromatic carbocycles. The van der Waals surface area contributed by atoms with Gasteiger partial charge < -0.3 is 0 Å². The van der Waals surface area contributed by atoms with E-state index in [0.29, 0.717) is 5.56 Å². The van der Waals surface area contributed by atoms with Gasteiger partial charge in [0.05, 0.1) is 16.7 Å². The van der Waals surface area contributed by atoms with Gasteiger partial charge >= 0.3 is 0 Å². The van der Waals surface area contributed by atoms with E-state index in [0.717, 1.165) is 0 Å². The van der Waals surface area contributed by atoms with E-state index in [-0.39, 0.29) is 11.6 Å². The summed E-state index contributed by atoms with van der Waals surface area (Å²) in [5, 5.41) is 14.1. The molecule has 1 rings (SSSR count). The molecular formula is C9H9N3O3. The number of carbonyl (C=O) groups excluding carboxylic acids is 1. The molecule has 0 unspecified atom stereocenters. The summed E-state index contributed by atoms with van der Waals surface area (Å²) in [5.41, 5.74) is 2.46. The normalized spacial score (nSPS) is 10.2. The monoisotopic (exact) mass is 207 g/mol. The molecule has 0 spiro atoms. The Morgan fingerprint density at radius 3 is 2.80 bits per heavy atom. The smallest absolute Gasteiger partial charge is 0.274 e. The number of nitro benzene ring substituents is 1. The number of amides is 1. The third-order valence-corrected chi connectivity index (χ3v) is 1.56. The van der Waals surface area contributed by atoms with E-state index in [1.165, 1.54) is 19.2 Å². The maximum Gasteiger partial charge on any atom is 0.278 e. The number of nitrogens with zero attached hydrogens (tertiary/aromatic N) is 2. The summed E-state index contributed by atoms with van der Waals surface area (Å²) in [5.74, 6) is -0.329. The first-order valence-electron chi connectivity index (χ1n) is 4.14. The van der Waals surface area contributed by atoms with Crippen molar-refractivity contribution in [2.75, 3.05) is 0 Å². The zero-order valence-corrected chi connectivity index (χ0v) is 8.01. The first-order chi connectivity index (χ1) is 7.11. The molecule has 6 nitrogen and oxygen atoms in total. The second kappa shape index (κ2) is 4.85. The van der Waals surface area contributed by atoms with Crippen molar-refractivity contribution in [3.63, 3.8) is 0 Å². The van der Waals surface area contributed by atoms with Crippen molar-refractivity contribution in [2.45, 2.75) is 6.92 Å². The van der Waals surface area contributed by atoms with Crippen molar-refractivity contribution in [2.24, 2.45) is 5.10 Å². The summed E-state index contributed by atoms with van der Waals surface area (Å²) in [6.45, 7) is 1.30. The van der Waals surface area contributed by atoms with Crippen molar-refractivity contribution in [1.29, 1.82) is 0 Å². The Morgan fingerprint density at radius 1 is 1.53 bits per heavy atom. The summed E-state index contributed by atoms with van der Waals surface area (Å²) < 4.78 is 0. The zero-order chi connectivity index (χ0) is 11.3. The van der Waals surface area contributed by atoms with Crippen molar-refractivity contribution < 1.29 is 9.72 Å². The lowest BCUT2D eigenvalue weighted by molar-refractivity contribution is -0.385. The topological polar surface area (TPSA) is 84.6 Å². The summed E-state index contributed by atoms with van der Waals surface area (Å²) in [4.78, 5) is 20.6. The molecule has 78 valence electrons. The van der Waals surface area contributed by atoms with Gasteiger partial charge in [0.15, 0.2) is 0 Å². The molecule has 15 heavy (non-hydrogen) atoms. The lowest BCUT2D eigenvalue weighted by atomic mass is 10.2. The van der Waals surface area contributed by atoms with E-state index in [2.05, 4.69) is 10.5 Å². The van der Waals surface area contributed by atoms with Gasteiger partial charge in [-0.1, -0.05) is 12.1 Å². The van der Waals surface area contributed by atoms with Crippen LogP contribution in [0, 0.1) is 10.1 Å². The minimum Gasteiger partial charge on any atom is -0.274 e. The average molecular weight is 207 g/mol. The number of carbonyl (C=O) groups is 1. The SMILES string of the molecule is CC(=O)NN=Cc1ccccc1[N+](=O)[O-]. The van der Waals surface area contributed by atoms with Gasteiger partial charge in [0, 0.05) is 13.0 Å². The fourth-order valence-corrected chi connectivity index (χ4v) is 0.956. The summed E-state index contributed by atoms with van der Waals surface area (Å²) in [6.07, 6.45) is 1.24. The first-order valence-corrected chi connectivity index (χ1v) is 4.14. The molecule has 0 radical (unpaired) electrons. The maximum atomic E-state index is 10.6. The van der Waals surface area contributed by atoms with E-state index < -0.39 is 4.92 Å². The molecule has 0 saturated heterocycles. The summed E-state index contributed by atoms with van der Waals surface area (Å²) in [6, 6.07) is 6.13. The van der Waals surface area contributed by atoms with E-state index in [1.54, 1.807) is 18.2 Å². The van der Waals surface area contributed by atoms with Gasteiger partial charge in [-0.3, -0.25) is 14.9 Å². The van der Waals surface area contributed by atoms with Gasteiger partial charge in [0.2, 0.25) is 5.91 Å². The molecule has 0 saturated carbocycles. The highest BCUT2D eigenvalue weighted by Gasteiger charge is 2.09. The molecule has 0 aromatic heterocycles. The van der Waals surface area contributed by atoms with Crippen molar-refractivity contribution in [3.05, 3.63) is 39.9 Å². The van der Waals surface area contributed by atoms with E-state index >= 15 is 0 Å². The van der Waals surface area contributed by atoms with Crippen LogP contribution < -0.4 is 5.43 Å². The Balaban J connectivity index is 2.89. The maximum absolute atomic E-state index is 10.6. The zero-order valence-electron chi connectivity index (χ0n) is 8.01. The number of para-hydroxylation sites is 1. The third kappa shape index (κ3) is 3.18. The standard InChI is InChI=1S/C9H9N3O3/c1-7(13)11-10-6-8-4-2-3-5-9(8)12(14)15/h2-6H,1H3,(H,11,13). The number of hydrogen-bond acceptors (Lipinski definition) is 4. The number of nitrogens with one attached hydrogen (secondary N) is 1. The van der Waals surface area contributed by atoms with Gasteiger partial charge in [0.25, 0.3) is 5.69 Å². The van der Waals surface area contributed by atoms with Gasteiger partial charge in [-0.2, -0.15) is 5.10 Å². The number of hydrazone groups is 1.